The zero-order valence-electron chi connectivity index (χ0n) is 17.5. The van der Waals surface area contributed by atoms with E-state index in [1.807, 2.05) is 18.2 Å². The van der Waals surface area contributed by atoms with Gasteiger partial charge < -0.3 is 14.4 Å². The Hall–Kier alpha value is -2.54. The van der Waals surface area contributed by atoms with Gasteiger partial charge in [-0.15, -0.1) is 0 Å². The number of aromatic amines is 1. The number of aromatic nitrogens is 2. The molecule has 156 valence electrons. The summed E-state index contributed by atoms with van der Waals surface area (Å²) in [7, 11) is 3.28. The molecule has 0 aliphatic carbocycles. The lowest BCUT2D eigenvalue weighted by molar-refractivity contribution is 0.241. The van der Waals surface area contributed by atoms with E-state index in [1.165, 1.54) is 0 Å². The van der Waals surface area contributed by atoms with Crippen LogP contribution in [-0.2, 0) is 19.5 Å². The Morgan fingerprint density at radius 2 is 1.90 bits per heavy atom. The van der Waals surface area contributed by atoms with Gasteiger partial charge in [0.15, 0.2) is 11.5 Å². The third kappa shape index (κ3) is 4.24. The van der Waals surface area contributed by atoms with Gasteiger partial charge in [0.25, 0.3) is 5.56 Å². The first-order chi connectivity index (χ1) is 14.1. The van der Waals surface area contributed by atoms with Gasteiger partial charge in [-0.1, -0.05) is 13.0 Å². The van der Waals surface area contributed by atoms with E-state index in [2.05, 4.69) is 21.7 Å². The molecule has 29 heavy (non-hydrogen) atoms. The van der Waals surface area contributed by atoms with Gasteiger partial charge in [0.2, 0.25) is 5.95 Å². The minimum absolute atomic E-state index is 0.000586. The number of nitrogens with zero attached hydrogens (tertiary/aromatic N) is 3. The molecule has 1 saturated heterocycles. The molecule has 2 aliphatic rings. The molecule has 0 spiro atoms. The molecule has 4 rings (SSSR count). The quantitative estimate of drug-likeness (QED) is 0.835. The molecule has 0 amide bonds. The summed E-state index contributed by atoms with van der Waals surface area (Å²) in [4.78, 5) is 25.1. The Bertz CT molecular complexity index is 919. The summed E-state index contributed by atoms with van der Waals surface area (Å²) in [5, 5.41) is 0. The number of ether oxygens (including phenoxy) is 2. The van der Waals surface area contributed by atoms with Crippen LogP contribution in [0.5, 0.6) is 11.5 Å². The highest BCUT2D eigenvalue weighted by Gasteiger charge is 2.24. The average Bonchev–Trinajstić information content (AvgIpc) is 2.74. The predicted octanol–water partition coefficient (Wildman–Crippen LogP) is 2.58. The van der Waals surface area contributed by atoms with E-state index in [-0.39, 0.29) is 5.56 Å². The normalized spacial score (nSPS) is 17.8. The van der Waals surface area contributed by atoms with Gasteiger partial charge in [-0.3, -0.25) is 14.7 Å². The number of piperidine rings is 1. The first-order valence-electron chi connectivity index (χ1n) is 10.4. The minimum atomic E-state index is 0.000586. The van der Waals surface area contributed by atoms with Crippen LogP contribution in [0.15, 0.2) is 23.0 Å². The van der Waals surface area contributed by atoms with E-state index >= 15 is 0 Å². The van der Waals surface area contributed by atoms with E-state index in [1.54, 1.807) is 14.2 Å². The summed E-state index contributed by atoms with van der Waals surface area (Å²) in [5.74, 6) is 2.94. The van der Waals surface area contributed by atoms with Gasteiger partial charge in [-0.05, 0) is 36.5 Å². The van der Waals surface area contributed by atoms with Gasteiger partial charge in [0.05, 0.1) is 25.5 Å². The number of H-pyrrole nitrogens is 1. The number of hydrogen-bond acceptors (Lipinski definition) is 6. The van der Waals surface area contributed by atoms with Crippen LogP contribution in [0.4, 0.5) is 5.95 Å². The van der Waals surface area contributed by atoms with Gasteiger partial charge >= 0.3 is 0 Å². The van der Waals surface area contributed by atoms with Gasteiger partial charge in [-0.2, -0.15) is 0 Å². The van der Waals surface area contributed by atoms with Crippen LogP contribution in [0.2, 0.25) is 0 Å². The zero-order valence-corrected chi connectivity index (χ0v) is 17.5. The highest BCUT2D eigenvalue weighted by Crippen LogP contribution is 2.29. The maximum Gasteiger partial charge on any atom is 0.257 e. The average molecular weight is 399 g/mol. The molecule has 0 saturated carbocycles. The second kappa shape index (κ2) is 8.45. The number of anilines is 1. The highest BCUT2D eigenvalue weighted by atomic mass is 16.5. The second-order valence-electron chi connectivity index (χ2n) is 8.13. The fourth-order valence-electron chi connectivity index (χ4n) is 4.21. The summed E-state index contributed by atoms with van der Waals surface area (Å²) in [6, 6.07) is 5.96. The monoisotopic (exact) mass is 398 g/mol. The van der Waals surface area contributed by atoms with Crippen LogP contribution >= 0.6 is 0 Å². The number of hydrogen-bond donors (Lipinski definition) is 1. The Morgan fingerprint density at radius 3 is 2.62 bits per heavy atom. The molecule has 1 aromatic carbocycles. The van der Waals surface area contributed by atoms with Crippen LogP contribution in [0, 0.1) is 5.92 Å². The van der Waals surface area contributed by atoms with E-state index < -0.39 is 0 Å². The van der Waals surface area contributed by atoms with Crippen molar-refractivity contribution in [3.63, 3.8) is 0 Å². The SMILES string of the molecule is COc1ccc(CN2CCc3nc(N4CCC(C)CC4)[nH]c(=O)c3C2)cc1OC. The molecule has 0 radical (unpaired) electrons. The van der Waals surface area contributed by atoms with E-state index in [9.17, 15) is 4.79 Å². The Kier molecular flexibility index (Phi) is 5.76. The van der Waals surface area contributed by atoms with Crippen LogP contribution in [0.1, 0.15) is 36.6 Å². The smallest absolute Gasteiger partial charge is 0.257 e. The van der Waals surface area contributed by atoms with Crippen LogP contribution < -0.4 is 19.9 Å². The largest absolute Gasteiger partial charge is 0.493 e. The molecule has 2 aliphatic heterocycles. The van der Waals surface area contributed by atoms with Crippen molar-refractivity contribution in [2.24, 2.45) is 5.92 Å². The standard InChI is InChI=1S/C22H30N4O3/c1-15-6-10-26(11-7-15)22-23-18-8-9-25(14-17(18)21(27)24-22)13-16-4-5-19(28-2)20(12-16)29-3/h4-5,12,15H,6-11,13-14H2,1-3H3,(H,23,24,27). The van der Waals surface area contributed by atoms with E-state index in [0.717, 1.165) is 85.6 Å². The summed E-state index contributed by atoms with van der Waals surface area (Å²) < 4.78 is 10.7. The molecule has 3 heterocycles. The summed E-state index contributed by atoms with van der Waals surface area (Å²) >= 11 is 0. The van der Waals surface area contributed by atoms with Crippen molar-refractivity contribution in [3.8, 4) is 11.5 Å². The summed E-state index contributed by atoms with van der Waals surface area (Å²) in [6.45, 7) is 6.47. The third-order valence-corrected chi connectivity index (χ3v) is 6.07. The van der Waals surface area contributed by atoms with E-state index in [4.69, 9.17) is 14.5 Å². The van der Waals surface area contributed by atoms with Crippen molar-refractivity contribution in [1.29, 1.82) is 0 Å². The van der Waals surface area contributed by atoms with Crippen molar-refractivity contribution in [2.45, 2.75) is 39.3 Å². The molecule has 0 unspecified atom stereocenters. The second-order valence-corrected chi connectivity index (χ2v) is 8.13. The van der Waals surface area contributed by atoms with Crippen molar-refractivity contribution < 1.29 is 9.47 Å². The highest BCUT2D eigenvalue weighted by molar-refractivity contribution is 5.43. The zero-order chi connectivity index (χ0) is 20.4. The van der Waals surface area contributed by atoms with Crippen molar-refractivity contribution >= 4 is 5.95 Å². The topological polar surface area (TPSA) is 70.7 Å². The lowest BCUT2D eigenvalue weighted by atomic mass is 9.99. The molecule has 0 atom stereocenters. The number of fused-ring (bicyclic) bond motifs is 1. The van der Waals surface area contributed by atoms with Gasteiger partial charge in [0.1, 0.15) is 0 Å². The van der Waals surface area contributed by atoms with Crippen molar-refractivity contribution in [3.05, 3.63) is 45.4 Å². The Morgan fingerprint density at radius 1 is 1.14 bits per heavy atom. The maximum absolute atomic E-state index is 12.8. The lowest BCUT2D eigenvalue weighted by Crippen LogP contribution is -2.39. The lowest BCUT2D eigenvalue weighted by Gasteiger charge is -2.32. The molecule has 7 heteroatoms. The Balaban J connectivity index is 1.48. The number of rotatable bonds is 5. The van der Waals surface area contributed by atoms with Crippen molar-refractivity contribution in [2.75, 3.05) is 38.8 Å². The molecule has 2 aromatic rings. The molecule has 1 fully saturated rings. The Labute approximate surface area is 171 Å². The number of benzene rings is 1. The van der Waals surface area contributed by atoms with Crippen LogP contribution in [-0.4, -0.2) is 48.7 Å². The number of nitrogens with one attached hydrogen (secondary N) is 1. The fraction of sp³-hybridized carbons (Fsp3) is 0.545. The fourth-order valence-corrected chi connectivity index (χ4v) is 4.21. The number of methoxy groups -OCH3 is 2. The first-order valence-corrected chi connectivity index (χ1v) is 10.4. The van der Waals surface area contributed by atoms with E-state index in [0.29, 0.717) is 6.54 Å². The van der Waals surface area contributed by atoms with Gasteiger partial charge in [-0.25, -0.2) is 4.98 Å². The molecule has 1 aromatic heterocycles. The summed E-state index contributed by atoms with van der Waals surface area (Å²) in [5.41, 5.74) is 2.88. The molecule has 0 bridgehead atoms. The molecular formula is C22H30N4O3. The first kappa shape index (κ1) is 19.8. The predicted molar refractivity (Wildman–Crippen MR) is 113 cm³/mol. The molecular weight excluding hydrogens is 368 g/mol. The van der Waals surface area contributed by atoms with Gasteiger partial charge in [0, 0.05) is 39.1 Å². The maximum atomic E-state index is 12.8. The van der Waals surface area contributed by atoms with Crippen molar-refractivity contribution in [1.82, 2.24) is 14.9 Å². The third-order valence-electron chi connectivity index (χ3n) is 6.07. The van der Waals surface area contributed by atoms with Crippen LogP contribution in [0.3, 0.4) is 0 Å². The van der Waals surface area contributed by atoms with Crippen LogP contribution in [0.25, 0.3) is 0 Å². The minimum Gasteiger partial charge on any atom is -0.493 e. The molecule has 7 nitrogen and oxygen atoms in total. The molecule has 1 N–H and O–H groups in total. The summed E-state index contributed by atoms with van der Waals surface area (Å²) in [6.07, 6.45) is 3.10.